The molecule has 3 heterocycles. The van der Waals surface area contributed by atoms with Gasteiger partial charge in [-0.2, -0.15) is 13.2 Å². The van der Waals surface area contributed by atoms with Crippen LogP contribution in [0.1, 0.15) is 31.0 Å². The number of hydrogen-bond donors (Lipinski definition) is 0. The number of amides is 3. The lowest BCUT2D eigenvalue weighted by Gasteiger charge is -2.16. The van der Waals surface area contributed by atoms with Gasteiger partial charge in [0, 0.05) is 24.5 Å². The fourth-order valence-electron chi connectivity index (χ4n) is 3.62. The lowest BCUT2D eigenvalue weighted by Crippen LogP contribution is -2.35. The molecule has 0 unspecified atom stereocenters. The van der Waals surface area contributed by atoms with Gasteiger partial charge in [0.15, 0.2) is 11.3 Å². The zero-order valence-corrected chi connectivity index (χ0v) is 17.6. The molecule has 0 atom stereocenters. The van der Waals surface area contributed by atoms with Crippen molar-refractivity contribution < 1.29 is 32.0 Å². The summed E-state index contributed by atoms with van der Waals surface area (Å²) in [6.07, 6.45) is -0.236. The van der Waals surface area contributed by atoms with Crippen LogP contribution in [-0.2, 0) is 17.4 Å². The first-order chi connectivity index (χ1) is 15.8. The number of anilines is 1. The Morgan fingerprint density at radius 1 is 1.18 bits per heavy atom. The molecule has 0 N–H and O–H groups in total. The van der Waals surface area contributed by atoms with Crippen LogP contribution in [0.25, 0.3) is 11.0 Å². The number of halogens is 3. The van der Waals surface area contributed by atoms with Crippen molar-refractivity contribution in [2.45, 2.75) is 32.4 Å². The highest BCUT2D eigenvalue weighted by atomic mass is 19.4. The summed E-state index contributed by atoms with van der Waals surface area (Å²) in [5.41, 5.74) is -0.525. The first-order valence-electron chi connectivity index (χ1n) is 10.3. The summed E-state index contributed by atoms with van der Waals surface area (Å²) in [5.74, 6) is 0.159. The van der Waals surface area contributed by atoms with Gasteiger partial charge in [0.05, 0.1) is 12.0 Å². The molecule has 174 valence electrons. The van der Waals surface area contributed by atoms with E-state index in [9.17, 15) is 22.8 Å². The molecule has 1 aliphatic rings. The molecule has 0 bridgehead atoms. The van der Waals surface area contributed by atoms with E-state index in [-0.39, 0.29) is 42.5 Å². The number of carbonyl (C=O) groups excluding carboxylic acids is 2. The molecule has 0 spiro atoms. The third-order valence-corrected chi connectivity index (χ3v) is 5.10. The Kier molecular flexibility index (Phi) is 6.16. The second kappa shape index (κ2) is 9.04. The minimum atomic E-state index is -4.62. The molecule has 1 fully saturated rings. The normalized spacial score (nSPS) is 14.5. The van der Waals surface area contributed by atoms with Crippen LogP contribution in [0.5, 0.6) is 5.75 Å². The van der Waals surface area contributed by atoms with Crippen molar-refractivity contribution in [3.63, 3.8) is 0 Å². The average molecular weight is 463 g/mol. The predicted octanol–water partition coefficient (Wildman–Crippen LogP) is 3.83. The molecule has 1 aromatic carbocycles. The Bertz CT molecular complexity index is 1170. The Hall–Kier alpha value is -3.70. The van der Waals surface area contributed by atoms with Crippen LogP contribution in [0.2, 0.25) is 0 Å². The third-order valence-electron chi connectivity index (χ3n) is 5.10. The number of carbonyl (C=O) groups is 2. The first-order valence-corrected chi connectivity index (χ1v) is 10.3. The number of imide groups is 1. The van der Waals surface area contributed by atoms with Crippen LogP contribution < -0.4 is 9.64 Å². The Balaban J connectivity index is 1.41. The molecule has 12 heteroatoms. The molecule has 0 radical (unpaired) electrons. The SMILES string of the molecule is CCCc1c(OCCCN2C(=O)CN(c3ncccn3)C2=O)ccc2c(C(F)(F)F)noc12. The smallest absolute Gasteiger partial charge is 0.437 e. The molecule has 33 heavy (non-hydrogen) atoms. The summed E-state index contributed by atoms with van der Waals surface area (Å²) in [6, 6.07) is 3.82. The van der Waals surface area contributed by atoms with Crippen LogP contribution in [-0.4, -0.2) is 51.7 Å². The molecule has 3 aromatic rings. The minimum Gasteiger partial charge on any atom is -0.493 e. The number of aryl methyl sites for hydroxylation is 1. The van der Waals surface area contributed by atoms with Crippen molar-refractivity contribution in [3.8, 4) is 5.75 Å². The number of ether oxygens (including phenoxy) is 1. The number of rotatable bonds is 8. The number of hydrogen-bond acceptors (Lipinski definition) is 7. The van der Waals surface area contributed by atoms with Gasteiger partial charge in [-0.05, 0) is 31.0 Å². The van der Waals surface area contributed by atoms with Crippen LogP contribution in [0.3, 0.4) is 0 Å². The summed E-state index contributed by atoms with van der Waals surface area (Å²) in [4.78, 5) is 35.1. The number of alkyl halides is 3. The van der Waals surface area contributed by atoms with Gasteiger partial charge in [-0.1, -0.05) is 18.5 Å². The van der Waals surface area contributed by atoms with E-state index in [1.54, 1.807) is 6.07 Å². The monoisotopic (exact) mass is 463 g/mol. The number of urea groups is 1. The predicted molar refractivity (Wildman–Crippen MR) is 110 cm³/mol. The van der Waals surface area contributed by atoms with Crippen LogP contribution in [0, 0.1) is 0 Å². The highest BCUT2D eigenvalue weighted by Crippen LogP contribution is 2.38. The summed E-state index contributed by atoms with van der Waals surface area (Å²) < 4.78 is 50.2. The van der Waals surface area contributed by atoms with E-state index in [0.29, 0.717) is 30.6 Å². The Morgan fingerprint density at radius 3 is 2.64 bits per heavy atom. The number of aromatic nitrogens is 3. The molecular formula is C21H20F3N5O4. The number of fused-ring (bicyclic) bond motifs is 1. The Morgan fingerprint density at radius 2 is 1.94 bits per heavy atom. The fourth-order valence-corrected chi connectivity index (χ4v) is 3.62. The number of benzene rings is 1. The van der Waals surface area contributed by atoms with Gasteiger partial charge >= 0.3 is 12.2 Å². The van der Waals surface area contributed by atoms with E-state index >= 15 is 0 Å². The van der Waals surface area contributed by atoms with Crippen molar-refractivity contribution in [1.82, 2.24) is 20.0 Å². The second-order valence-electron chi connectivity index (χ2n) is 7.36. The van der Waals surface area contributed by atoms with E-state index in [1.165, 1.54) is 29.4 Å². The summed E-state index contributed by atoms with van der Waals surface area (Å²) in [7, 11) is 0. The topological polar surface area (TPSA) is 102 Å². The molecule has 0 aliphatic carbocycles. The van der Waals surface area contributed by atoms with Crippen molar-refractivity contribution in [1.29, 1.82) is 0 Å². The van der Waals surface area contributed by atoms with E-state index in [1.807, 2.05) is 6.92 Å². The highest BCUT2D eigenvalue weighted by Gasteiger charge is 2.38. The zero-order chi connectivity index (χ0) is 23.6. The molecule has 1 saturated heterocycles. The molecule has 4 rings (SSSR count). The largest absolute Gasteiger partial charge is 0.493 e. The van der Waals surface area contributed by atoms with Gasteiger partial charge < -0.3 is 9.26 Å². The summed E-state index contributed by atoms with van der Waals surface area (Å²) >= 11 is 0. The molecule has 1 aliphatic heterocycles. The fraction of sp³-hybridized carbons (Fsp3) is 0.381. The quantitative estimate of drug-likeness (QED) is 0.370. The lowest BCUT2D eigenvalue weighted by molar-refractivity contribution is -0.141. The molecular weight excluding hydrogens is 443 g/mol. The van der Waals surface area contributed by atoms with Crippen molar-refractivity contribution in [3.05, 3.63) is 41.9 Å². The van der Waals surface area contributed by atoms with Crippen LogP contribution >= 0.6 is 0 Å². The summed E-state index contributed by atoms with van der Waals surface area (Å²) in [6.45, 7) is 2.00. The van der Waals surface area contributed by atoms with Gasteiger partial charge in [-0.25, -0.2) is 14.8 Å². The molecule has 3 amide bonds. The minimum absolute atomic E-state index is 0.0464. The Labute approximate surface area is 186 Å². The molecule has 0 saturated carbocycles. The maximum Gasteiger partial charge on any atom is 0.437 e. The second-order valence-corrected chi connectivity index (χ2v) is 7.36. The standard InChI is InChI=1S/C21H20F3N5O4/c1-2-5-13-15(7-6-14-17(13)33-27-18(14)21(22,23)24)32-11-4-10-28-16(30)12-29(20(28)31)19-25-8-3-9-26-19/h3,6-9H,2,4-5,10-12H2,1H3. The van der Waals surface area contributed by atoms with Crippen molar-refractivity contribution >= 4 is 28.9 Å². The van der Waals surface area contributed by atoms with Gasteiger partial charge in [-0.15, -0.1) is 0 Å². The van der Waals surface area contributed by atoms with Gasteiger partial charge in [0.1, 0.15) is 12.3 Å². The van der Waals surface area contributed by atoms with Gasteiger partial charge in [0.25, 0.3) is 5.91 Å². The molecule has 2 aromatic heterocycles. The van der Waals surface area contributed by atoms with Gasteiger partial charge in [-0.3, -0.25) is 14.6 Å². The first kappa shape index (κ1) is 22.5. The average Bonchev–Trinajstić information content (AvgIpc) is 3.35. The van der Waals surface area contributed by atoms with E-state index in [2.05, 4.69) is 15.1 Å². The molecule has 9 nitrogen and oxygen atoms in total. The van der Waals surface area contributed by atoms with Gasteiger partial charge in [0.2, 0.25) is 5.95 Å². The van der Waals surface area contributed by atoms with E-state index < -0.39 is 17.9 Å². The van der Waals surface area contributed by atoms with E-state index in [4.69, 9.17) is 9.26 Å². The third kappa shape index (κ3) is 4.45. The zero-order valence-electron chi connectivity index (χ0n) is 17.6. The summed E-state index contributed by atoms with van der Waals surface area (Å²) in [5, 5.41) is 3.08. The van der Waals surface area contributed by atoms with Crippen LogP contribution in [0.4, 0.5) is 23.9 Å². The van der Waals surface area contributed by atoms with E-state index in [0.717, 1.165) is 4.90 Å². The lowest BCUT2D eigenvalue weighted by atomic mass is 10.0. The maximum absolute atomic E-state index is 13.1. The van der Waals surface area contributed by atoms with Crippen molar-refractivity contribution in [2.75, 3.05) is 24.6 Å². The van der Waals surface area contributed by atoms with Crippen LogP contribution in [0.15, 0.2) is 35.1 Å². The number of nitrogens with zero attached hydrogens (tertiary/aromatic N) is 5. The highest BCUT2D eigenvalue weighted by molar-refractivity contribution is 6.11. The maximum atomic E-state index is 13.1. The van der Waals surface area contributed by atoms with Crippen molar-refractivity contribution in [2.24, 2.45) is 0 Å².